The lowest BCUT2D eigenvalue weighted by molar-refractivity contribution is -0.145. The van der Waals surface area contributed by atoms with Crippen molar-refractivity contribution in [3.05, 3.63) is 81.1 Å². The predicted octanol–water partition coefficient (Wildman–Crippen LogP) is 5.52. The summed E-state index contributed by atoms with van der Waals surface area (Å²) in [6.07, 6.45) is 5.11. The van der Waals surface area contributed by atoms with Crippen LogP contribution in [-0.4, -0.2) is 74.8 Å². The predicted molar refractivity (Wildman–Crippen MR) is 192 cm³/mol. The maximum absolute atomic E-state index is 11.6. The number of carboxylic acid groups (broad SMARTS) is 1. The summed E-state index contributed by atoms with van der Waals surface area (Å²) in [5.41, 5.74) is 4.82. The van der Waals surface area contributed by atoms with Gasteiger partial charge in [0.15, 0.2) is 0 Å². The molecular weight excluding hydrogens is 697 g/mol. The number of rotatable bonds is 14. The van der Waals surface area contributed by atoms with Crippen LogP contribution in [0.2, 0.25) is 10.0 Å². The van der Waals surface area contributed by atoms with Gasteiger partial charge in [-0.1, -0.05) is 59.6 Å². The molecule has 2 aromatic heterocycles. The number of aliphatic carboxylic acids is 1. The van der Waals surface area contributed by atoms with E-state index in [4.69, 9.17) is 42.4 Å². The molecule has 1 unspecified atom stereocenters. The maximum Gasteiger partial charge on any atom is 0.326 e. The molecule has 270 valence electrons. The molecule has 51 heavy (non-hydrogen) atoms. The molecule has 14 heteroatoms. The van der Waals surface area contributed by atoms with Crippen LogP contribution in [0, 0.1) is 0 Å². The lowest BCUT2D eigenvalue weighted by Gasteiger charge is -2.24. The van der Waals surface area contributed by atoms with Gasteiger partial charge in [-0.3, -0.25) is 15.1 Å². The van der Waals surface area contributed by atoms with Gasteiger partial charge in [0, 0.05) is 35.8 Å². The zero-order valence-electron chi connectivity index (χ0n) is 28.6. The number of hydrogen-bond acceptors (Lipinski definition) is 11. The van der Waals surface area contributed by atoms with Crippen LogP contribution in [0.1, 0.15) is 61.1 Å². The number of carbonyl (C=O) groups is 1. The Hall–Kier alpha value is -4.04. The molecule has 2 aromatic carbocycles. The fraction of sp³-hybridized carbons (Fsp3) is 0.405. The van der Waals surface area contributed by atoms with Gasteiger partial charge in [-0.2, -0.15) is 4.98 Å². The van der Waals surface area contributed by atoms with Crippen LogP contribution < -0.4 is 24.8 Å². The average molecular weight is 739 g/mol. The molecule has 1 saturated carbocycles. The Morgan fingerprint density at radius 1 is 0.980 bits per heavy atom. The van der Waals surface area contributed by atoms with E-state index in [0.717, 1.165) is 53.5 Å². The number of aliphatic hydroxyl groups is 2. The summed E-state index contributed by atoms with van der Waals surface area (Å²) in [6.45, 7) is 1.25. The molecule has 2 heterocycles. The highest BCUT2D eigenvalue weighted by Crippen LogP contribution is 2.44. The minimum absolute atomic E-state index is 0.0287. The van der Waals surface area contributed by atoms with Gasteiger partial charge in [-0.05, 0) is 61.8 Å². The van der Waals surface area contributed by atoms with Crippen molar-refractivity contribution in [3.8, 4) is 40.0 Å². The molecule has 5 N–H and O–H groups in total. The third-order valence-electron chi connectivity index (χ3n) is 9.68. The number of aliphatic hydroxyl groups excluding tert-OH is 2. The SMILES string of the molecule is COc1nc(O[C@H]2CCc3c(-c4cccc(-c5cnc(CN[C@@H]6CCC[C@@H]6O)c(OC)n5)c4Cl)cccc32)c(Cl)cc1CNC(C)(CO)C(=O)O. The van der Waals surface area contributed by atoms with E-state index in [1.807, 2.05) is 36.4 Å². The smallest absolute Gasteiger partial charge is 0.326 e. The van der Waals surface area contributed by atoms with E-state index in [1.54, 1.807) is 19.4 Å². The van der Waals surface area contributed by atoms with Crippen LogP contribution in [-0.2, 0) is 24.3 Å². The van der Waals surface area contributed by atoms with Crippen LogP contribution >= 0.6 is 23.2 Å². The highest BCUT2D eigenvalue weighted by molar-refractivity contribution is 6.36. The highest BCUT2D eigenvalue weighted by atomic mass is 35.5. The first-order valence-corrected chi connectivity index (χ1v) is 17.5. The number of halogens is 2. The fourth-order valence-corrected chi connectivity index (χ4v) is 7.19. The first-order chi connectivity index (χ1) is 24.6. The van der Waals surface area contributed by atoms with Crippen LogP contribution in [0.3, 0.4) is 0 Å². The van der Waals surface area contributed by atoms with E-state index in [9.17, 15) is 20.1 Å². The maximum atomic E-state index is 11.6. The molecule has 2 aliphatic carbocycles. The van der Waals surface area contributed by atoms with Gasteiger partial charge in [0.2, 0.25) is 17.6 Å². The van der Waals surface area contributed by atoms with E-state index in [1.165, 1.54) is 14.0 Å². The lowest BCUT2D eigenvalue weighted by Crippen LogP contribution is -2.52. The van der Waals surface area contributed by atoms with Crippen LogP contribution in [0.5, 0.6) is 17.6 Å². The largest absolute Gasteiger partial charge is 0.481 e. The van der Waals surface area contributed by atoms with E-state index < -0.39 is 18.1 Å². The lowest BCUT2D eigenvalue weighted by atomic mass is 9.95. The summed E-state index contributed by atoms with van der Waals surface area (Å²) in [6, 6.07) is 13.5. The highest BCUT2D eigenvalue weighted by Gasteiger charge is 2.33. The van der Waals surface area contributed by atoms with Gasteiger partial charge >= 0.3 is 5.97 Å². The van der Waals surface area contributed by atoms with Crippen LogP contribution in [0.4, 0.5) is 0 Å². The second kappa shape index (κ2) is 15.7. The third kappa shape index (κ3) is 7.62. The van der Waals surface area contributed by atoms with Gasteiger partial charge < -0.3 is 34.8 Å². The normalized spacial score (nSPS) is 19.4. The quantitative estimate of drug-likeness (QED) is 0.110. The second-order valence-electron chi connectivity index (χ2n) is 13.0. The minimum Gasteiger partial charge on any atom is -0.481 e. The average Bonchev–Trinajstić information content (AvgIpc) is 3.75. The molecule has 12 nitrogen and oxygen atoms in total. The number of fused-ring (bicyclic) bond motifs is 1. The number of pyridine rings is 1. The first-order valence-electron chi connectivity index (χ1n) is 16.8. The molecule has 0 aliphatic heterocycles. The van der Waals surface area contributed by atoms with Gasteiger partial charge in [-0.25, -0.2) is 4.98 Å². The number of aromatic nitrogens is 3. The van der Waals surface area contributed by atoms with Gasteiger partial charge in [0.25, 0.3) is 0 Å². The molecule has 4 aromatic rings. The Kier molecular flexibility index (Phi) is 11.3. The molecule has 4 atom stereocenters. The number of carboxylic acids is 1. The topological polar surface area (TPSA) is 168 Å². The van der Waals surface area contributed by atoms with Crippen molar-refractivity contribution in [3.63, 3.8) is 0 Å². The van der Waals surface area contributed by atoms with Crippen molar-refractivity contribution in [1.82, 2.24) is 25.6 Å². The standard InChI is InChI=1S/C37H41Cl2N5O7/c1-37(19-45,36(47)48)42-16-20-15-26(38)34(44-33(20)49-2)51-31-14-13-22-21(7-4-8-23(22)31)24-9-5-10-25(32(24)39)28-17-41-29(35(43-28)50-3)18-40-27-11-6-12-30(27)46/h4-5,7-10,15,17,27,30-31,40,42,45-46H,6,11-14,16,18-19H2,1-3H3,(H,47,48)/t27-,30+,31+,37?/m1/s1. The monoisotopic (exact) mass is 737 g/mol. The van der Waals surface area contributed by atoms with E-state index in [0.29, 0.717) is 40.8 Å². The second-order valence-corrected chi connectivity index (χ2v) is 13.8. The van der Waals surface area contributed by atoms with E-state index in [2.05, 4.69) is 20.6 Å². The summed E-state index contributed by atoms with van der Waals surface area (Å²) in [5.74, 6) is -0.385. The van der Waals surface area contributed by atoms with Crippen molar-refractivity contribution in [2.75, 3.05) is 20.8 Å². The Morgan fingerprint density at radius 2 is 1.73 bits per heavy atom. The van der Waals surface area contributed by atoms with E-state index in [-0.39, 0.29) is 41.6 Å². The Bertz CT molecular complexity index is 1910. The molecule has 0 saturated heterocycles. The molecular formula is C37H41Cl2N5O7. The molecule has 0 spiro atoms. The Balaban J connectivity index is 1.23. The summed E-state index contributed by atoms with van der Waals surface area (Å²) in [5, 5.41) is 36.2. The Labute approximate surface area is 306 Å². The minimum atomic E-state index is -1.55. The zero-order chi connectivity index (χ0) is 36.3. The fourth-order valence-electron chi connectivity index (χ4n) is 6.65. The number of benzene rings is 2. The van der Waals surface area contributed by atoms with Crippen molar-refractivity contribution >= 4 is 29.2 Å². The summed E-state index contributed by atoms with van der Waals surface area (Å²) < 4.78 is 17.5. The summed E-state index contributed by atoms with van der Waals surface area (Å²) >= 11 is 13.8. The van der Waals surface area contributed by atoms with Gasteiger partial charge in [-0.15, -0.1) is 0 Å². The van der Waals surface area contributed by atoms with Gasteiger partial charge in [0.1, 0.15) is 22.4 Å². The van der Waals surface area contributed by atoms with E-state index >= 15 is 0 Å². The number of nitrogens with zero attached hydrogens (tertiary/aromatic N) is 3. The molecule has 0 radical (unpaired) electrons. The van der Waals surface area contributed by atoms with Crippen molar-refractivity contribution < 1.29 is 34.3 Å². The number of nitrogens with one attached hydrogen (secondary N) is 2. The number of hydrogen-bond donors (Lipinski definition) is 5. The first kappa shape index (κ1) is 36.7. The van der Waals surface area contributed by atoms with Gasteiger partial charge in [0.05, 0.1) is 43.8 Å². The van der Waals surface area contributed by atoms with Crippen molar-refractivity contribution in [1.29, 1.82) is 0 Å². The summed E-state index contributed by atoms with van der Waals surface area (Å²) in [7, 11) is 3.02. The molecule has 1 fully saturated rings. The zero-order valence-corrected chi connectivity index (χ0v) is 30.1. The van der Waals surface area contributed by atoms with Crippen molar-refractivity contribution in [2.45, 2.75) is 75.9 Å². The number of ether oxygens (including phenoxy) is 3. The molecule has 2 aliphatic rings. The van der Waals surface area contributed by atoms with Crippen LogP contribution in [0.15, 0.2) is 48.7 Å². The Morgan fingerprint density at radius 3 is 2.43 bits per heavy atom. The molecule has 0 amide bonds. The molecule has 0 bridgehead atoms. The van der Waals surface area contributed by atoms with Crippen molar-refractivity contribution in [2.24, 2.45) is 0 Å². The summed E-state index contributed by atoms with van der Waals surface area (Å²) in [4.78, 5) is 25.5. The van der Waals surface area contributed by atoms with Crippen LogP contribution in [0.25, 0.3) is 22.4 Å². The number of methoxy groups -OCH3 is 2. The third-order valence-corrected chi connectivity index (χ3v) is 10.4. The molecule has 6 rings (SSSR count).